The number of rotatable bonds is 4. The number of halogens is 1. The molecule has 0 unspecified atom stereocenters. The predicted octanol–water partition coefficient (Wildman–Crippen LogP) is 4.13. The van der Waals surface area contributed by atoms with Crippen LogP contribution in [0, 0.1) is 0 Å². The summed E-state index contributed by atoms with van der Waals surface area (Å²) in [5.41, 5.74) is 1.03. The molecule has 0 atom stereocenters. The number of nitrogens with zero attached hydrogens (tertiary/aromatic N) is 2. The van der Waals surface area contributed by atoms with Crippen molar-refractivity contribution < 1.29 is 4.42 Å². The lowest BCUT2D eigenvalue weighted by Gasteiger charge is -2.34. The van der Waals surface area contributed by atoms with E-state index in [0.717, 1.165) is 28.7 Å². The minimum atomic E-state index is 0.649. The Labute approximate surface area is 137 Å². The average molecular weight is 319 g/mol. The van der Waals surface area contributed by atoms with Gasteiger partial charge in [-0.25, -0.2) is 0 Å². The summed E-state index contributed by atoms with van der Waals surface area (Å²) in [6, 6.07) is 12.5. The first-order chi connectivity index (χ1) is 10.6. The summed E-state index contributed by atoms with van der Waals surface area (Å²) >= 11 is 6.05. The lowest BCUT2D eigenvalue weighted by molar-refractivity contribution is 0.133. The van der Waals surface area contributed by atoms with E-state index >= 15 is 0 Å². The van der Waals surface area contributed by atoms with Crippen LogP contribution in [0.3, 0.4) is 0 Å². The van der Waals surface area contributed by atoms with Crippen LogP contribution < -0.4 is 0 Å². The third kappa shape index (κ3) is 3.72. The van der Waals surface area contributed by atoms with Gasteiger partial charge in [-0.15, -0.1) is 0 Å². The Kier molecular flexibility index (Phi) is 4.87. The van der Waals surface area contributed by atoms with Crippen LogP contribution in [-0.4, -0.2) is 43.0 Å². The number of hydrogen-bond donors (Lipinski definition) is 0. The summed E-state index contributed by atoms with van der Waals surface area (Å²) in [6.45, 7) is 3.22. The van der Waals surface area contributed by atoms with E-state index in [-0.39, 0.29) is 0 Å². The Morgan fingerprint density at radius 2 is 2.00 bits per heavy atom. The monoisotopic (exact) mass is 318 g/mol. The Morgan fingerprint density at radius 3 is 2.73 bits per heavy atom. The molecule has 0 radical (unpaired) electrons. The highest BCUT2D eigenvalue weighted by Crippen LogP contribution is 2.26. The standard InChI is InChI=1S/C18H23ClN2O/c1-20-10-8-16(9-11-20)21(2)13-17-6-7-18(22-17)14-4-3-5-15(19)12-14/h3-7,12,16H,8-11,13H2,1-2H3. The first-order valence-corrected chi connectivity index (χ1v) is 8.23. The second-order valence-electron chi connectivity index (χ2n) is 6.23. The van der Waals surface area contributed by atoms with Gasteiger partial charge in [0.1, 0.15) is 11.5 Å². The van der Waals surface area contributed by atoms with Crippen LogP contribution in [0.1, 0.15) is 18.6 Å². The van der Waals surface area contributed by atoms with Crippen LogP contribution >= 0.6 is 11.6 Å². The molecule has 1 aromatic heterocycles. The van der Waals surface area contributed by atoms with E-state index in [0.29, 0.717) is 6.04 Å². The molecule has 0 N–H and O–H groups in total. The largest absolute Gasteiger partial charge is 0.460 e. The first-order valence-electron chi connectivity index (χ1n) is 7.85. The number of benzene rings is 1. The van der Waals surface area contributed by atoms with E-state index in [4.69, 9.17) is 16.0 Å². The van der Waals surface area contributed by atoms with E-state index in [1.165, 1.54) is 25.9 Å². The molecule has 22 heavy (non-hydrogen) atoms. The molecule has 1 aliphatic rings. The molecular weight excluding hydrogens is 296 g/mol. The third-order valence-corrected chi connectivity index (χ3v) is 4.72. The number of furan rings is 1. The molecule has 3 nitrogen and oxygen atoms in total. The maximum Gasteiger partial charge on any atom is 0.134 e. The van der Waals surface area contributed by atoms with Crippen LogP contribution in [-0.2, 0) is 6.54 Å². The second kappa shape index (κ2) is 6.86. The normalized spacial score (nSPS) is 17.3. The zero-order valence-corrected chi connectivity index (χ0v) is 14.0. The molecule has 2 heterocycles. The summed E-state index contributed by atoms with van der Waals surface area (Å²) in [5.74, 6) is 1.89. The number of piperidine rings is 1. The summed E-state index contributed by atoms with van der Waals surface area (Å²) in [5, 5.41) is 0.735. The van der Waals surface area contributed by atoms with E-state index in [2.05, 4.69) is 30.0 Å². The lowest BCUT2D eigenvalue weighted by atomic mass is 10.0. The van der Waals surface area contributed by atoms with Gasteiger partial charge in [0, 0.05) is 16.6 Å². The van der Waals surface area contributed by atoms with Crippen molar-refractivity contribution in [3.8, 4) is 11.3 Å². The van der Waals surface area contributed by atoms with Crippen molar-refractivity contribution in [3.63, 3.8) is 0 Å². The summed E-state index contributed by atoms with van der Waals surface area (Å²) in [4.78, 5) is 4.81. The fraction of sp³-hybridized carbons (Fsp3) is 0.444. The summed E-state index contributed by atoms with van der Waals surface area (Å²) in [6.07, 6.45) is 2.46. The Balaban J connectivity index is 1.64. The highest BCUT2D eigenvalue weighted by atomic mass is 35.5. The second-order valence-corrected chi connectivity index (χ2v) is 6.66. The summed E-state index contributed by atoms with van der Waals surface area (Å²) in [7, 11) is 4.39. The maximum absolute atomic E-state index is 6.05. The van der Waals surface area contributed by atoms with Gasteiger partial charge in [0.05, 0.1) is 6.54 Å². The van der Waals surface area contributed by atoms with Gasteiger partial charge in [0.25, 0.3) is 0 Å². The molecule has 1 aromatic carbocycles. The Bertz CT molecular complexity index is 617. The van der Waals surface area contributed by atoms with Crippen molar-refractivity contribution in [3.05, 3.63) is 47.2 Å². The molecule has 1 saturated heterocycles. The molecule has 1 fully saturated rings. The SMILES string of the molecule is CN1CCC(N(C)Cc2ccc(-c3cccc(Cl)c3)o2)CC1. The molecule has 4 heteroatoms. The van der Waals surface area contributed by atoms with Gasteiger partial charge in [-0.1, -0.05) is 23.7 Å². The first kappa shape index (κ1) is 15.6. The van der Waals surface area contributed by atoms with Gasteiger partial charge in [0.15, 0.2) is 0 Å². The molecule has 3 rings (SSSR count). The number of likely N-dealkylation sites (tertiary alicyclic amines) is 1. The quantitative estimate of drug-likeness (QED) is 0.845. The Morgan fingerprint density at radius 1 is 1.23 bits per heavy atom. The van der Waals surface area contributed by atoms with Gasteiger partial charge in [-0.2, -0.15) is 0 Å². The third-order valence-electron chi connectivity index (χ3n) is 4.49. The molecule has 118 valence electrons. The lowest BCUT2D eigenvalue weighted by Crippen LogP contribution is -2.41. The van der Waals surface area contributed by atoms with Crippen molar-refractivity contribution in [2.24, 2.45) is 0 Å². The van der Waals surface area contributed by atoms with E-state index in [1.54, 1.807) is 0 Å². The molecule has 0 amide bonds. The van der Waals surface area contributed by atoms with E-state index in [9.17, 15) is 0 Å². The Hall–Kier alpha value is -1.29. The number of hydrogen-bond acceptors (Lipinski definition) is 3. The van der Waals surface area contributed by atoms with Crippen LogP contribution in [0.4, 0.5) is 0 Å². The molecule has 2 aromatic rings. The van der Waals surface area contributed by atoms with E-state index < -0.39 is 0 Å². The van der Waals surface area contributed by atoms with Crippen molar-refractivity contribution in [2.45, 2.75) is 25.4 Å². The van der Waals surface area contributed by atoms with Gasteiger partial charge in [-0.05, 0) is 64.3 Å². The van der Waals surface area contributed by atoms with Crippen LogP contribution in [0.25, 0.3) is 11.3 Å². The highest BCUT2D eigenvalue weighted by Gasteiger charge is 2.21. The fourth-order valence-corrected chi connectivity index (χ4v) is 3.26. The zero-order chi connectivity index (χ0) is 15.5. The van der Waals surface area contributed by atoms with Gasteiger partial charge in [-0.3, -0.25) is 4.90 Å². The minimum Gasteiger partial charge on any atom is -0.460 e. The van der Waals surface area contributed by atoms with Crippen molar-refractivity contribution in [1.82, 2.24) is 9.80 Å². The van der Waals surface area contributed by atoms with Crippen molar-refractivity contribution in [1.29, 1.82) is 0 Å². The molecule has 0 spiro atoms. The predicted molar refractivity (Wildman–Crippen MR) is 91.1 cm³/mol. The highest BCUT2D eigenvalue weighted by molar-refractivity contribution is 6.30. The average Bonchev–Trinajstić information content (AvgIpc) is 2.96. The smallest absolute Gasteiger partial charge is 0.134 e. The molecular formula is C18H23ClN2O. The van der Waals surface area contributed by atoms with Gasteiger partial charge in [0.2, 0.25) is 0 Å². The molecule has 0 aliphatic carbocycles. The van der Waals surface area contributed by atoms with Gasteiger partial charge >= 0.3 is 0 Å². The van der Waals surface area contributed by atoms with Gasteiger partial charge < -0.3 is 9.32 Å². The molecule has 1 aliphatic heterocycles. The summed E-state index contributed by atoms with van der Waals surface area (Å²) < 4.78 is 6.00. The fourth-order valence-electron chi connectivity index (χ4n) is 3.07. The molecule has 0 bridgehead atoms. The van der Waals surface area contributed by atoms with Crippen LogP contribution in [0.15, 0.2) is 40.8 Å². The topological polar surface area (TPSA) is 19.6 Å². The maximum atomic E-state index is 6.05. The minimum absolute atomic E-state index is 0.649. The van der Waals surface area contributed by atoms with Crippen LogP contribution in [0.2, 0.25) is 5.02 Å². The van der Waals surface area contributed by atoms with Crippen molar-refractivity contribution in [2.75, 3.05) is 27.2 Å². The zero-order valence-electron chi connectivity index (χ0n) is 13.3. The van der Waals surface area contributed by atoms with Crippen molar-refractivity contribution >= 4 is 11.6 Å². The van der Waals surface area contributed by atoms with Crippen LogP contribution in [0.5, 0.6) is 0 Å². The molecule has 0 saturated carbocycles. The van der Waals surface area contributed by atoms with E-state index in [1.807, 2.05) is 30.3 Å².